The molecule has 2 unspecified atom stereocenters. The fourth-order valence-electron chi connectivity index (χ4n) is 5.82. The molecule has 1 N–H and O–H groups in total. The van der Waals surface area contributed by atoms with Crippen molar-refractivity contribution in [3.63, 3.8) is 0 Å². The number of nitrogens with zero attached hydrogens (tertiary/aromatic N) is 3. The van der Waals surface area contributed by atoms with Crippen molar-refractivity contribution in [2.75, 3.05) is 26.3 Å². The molecular weight excluding hydrogens is 474 g/mol. The van der Waals surface area contributed by atoms with E-state index in [0.717, 1.165) is 37.0 Å². The van der Waals surface area contributed by atoms with E-state index in [2.05, 4.69) is 0 Å². The summed E-state index contributed by atoms with van der Waals surface area (Å²) in [4.78, 5) is 38.7. The first kappa shape index (κ1) is 26.9. The van der Waals surface area contributed by atoms with Gasteiger partial charge in [0, 0.05) is 43.3 Å². The van der Waals surface area contributed by atoms with E-state index in [0.29, 0.717) is 57.1 Å². The molecule has 0 aromatic heterocycles. The van der Waals surface area contributed by atoms with Gasteiger partial charge in [0.25, 0.3) is 0 Å². The van der Waals surface area contributed by atoms with Gasteiger partial charge in [-0.1, -0.05) is 12.8 Å². The fourth-order valence-corrected chi connectivity index (χ4v) is 5.82. The van der Waals surface area contributed by atoms with Crippen molar-refractivity contribution in [1.82, 2.24) is 9.91 Å². The van der Waals surface area contributed by atoms with Gasteiger partial charge in [0.15, 0.2) is 11.5 Å². The Kier molecular flexibility index (Phi) is 9.05. The second-order valence-corrected chi connectivity index (χ2v) is 10.1. The van der Waals surface area contributed by atoms with Crippen LogP contribution in [0.1, 0.15) is 77.2 Å². The van der Waals surface area contributed by atoms with E-state index in [1.165, 1.54) is 0 Å². The summed E-state index contributed by atoms with van der Waals surface area (Å²) in [7, 11) is 0. The smallest absolute Gasteiger partial charge is 0.303 e. The van der Waals surface area contributed by atoms with Crippen LogP contribution >= 0.6 is 0 Å². The van der Waals surface area contributed by atoms with Crippen molar-refractivity contribution in [1.29, 1.82) is 0 Å². The van der Waals surface area contributed by atoms with Gasteiger partial charge in [0.05, 0.1) is 25.0 Å². The number of aliphatic carboxylic acids is 1. The number of carbonyl (C=O) groups is 3. The molecule has 9 heteroatoms. The molecule has 37 heavy (non-hydrogen) atoms. The Morgan fingerprint density at radius 2 is 1.65 bits per heavy atom. The fraction of sp³-hybridized carbons (Fsp3) is 0.643. The van der Waals surface area contributed by atoms with Crippen LogP contribution in [0.25, 0.3) is 0 Å². The Balaban J connectivity index is 1.53. The highest BCUT2D eigenvalue weighted by molar-refractivity contribution is 6.07. The van der Waals surface area contributed by atoms with Gasteiger partial charge in [-0.05, 0) is 64.2 Å². The van der Waals surface area contributed by atoms with Crippen LogP contribution in [0.3, 0.4) is 0 Å². The van der Waals surface area contributed by atoms with Crippen molar-refractivity contribution in [3.8, 4) is 11.5 Å². The summed E-state index contributed by atoms with van der Waals surface area (Å²) in [5.74, 6) is 0.633. The highest BCUT2D eigenvalue weighted by Crippen LogP contribution is 2.40. The number of hydrazone groups is 1. The van der Waals surface area contributed by atoms with E-state index in [4.69, 9.17) is 19.7 Å². The van der Waals surface area contributed by atoms with Crippen LogP contribution in [0.5, 0.6) is 11.5 Å². The minimum atomic E-state index is -0.884. The standard InChI is InChI=1S/C28H39N3O6/c1-3-36-23-13-12-19(18-24(23)37-4-2)27-21-8-5-6-9-22(21)28(35)31(29-27)20-14-16-30(17-15-20)25(32)10-7-11-26(33)34/h12-13,18,20-22H,3-11,14-17H2,1-2H3,(H,33,34). The third-order valence-electron chi connectivity index (χ3n) is 7.66. The molecule has 1 saturated heterocycles. The summed E-state index contributed by atoms with van der Waals surface area (Å²) in [5, 5.41) is 15.5. The van der Waals surface area contributed by atoms with Crippen LogP contribution in [-0.2, 0) is 14.4 Å². The third kappa shape index (κ3) is 6.25. The summed E-state index contributed by atoms with van der Waals surface area (Å²) in [5.41, 5.74) is 1.91. The summed E-state index contributed by atoms with van der Waals surface area (Å²) in [6.07, 6.45) is 5.87. The summed E-state index contributed by atoms with van der Waals surface area (Å²) >= 11 is 0. The van der Waals surface area contributed by atoms with Gasteiger partial charge >= 0.3 is 5.97 Å². The van der Waals surface area contributed by atoms with Crippen LogP contribution in [-0.4, -0.2) is 70.9 Å². The SMILES string of the molecule is CCOc1ccc(C2=NN(C3CCN(C(=O)CCCC(=O)O)CC3)C(=O)C3CCCCC23)cc1OCC. The lowest BCUT2D eigenvalue weighted by molar-refractivity contribution is -0.143. The summed E-state index contributed by atoms with van der Waals surface area (Å²) in [6, 6.07) is 5.89. The zero-order valence-electron chi connectivity index (χ0n) is 22.0. The number of ether oxygens (including phenoxy) is 2. The first-order valence-electron chi connectivity index (χ1n) is 13.7. The zero-order chi connectivity index (χ0) is 26.4. The lowest BCUT2D eigenvalue weighted by Crippen LogP contribution is -2.53. The first-order chi connectivity index (χ1) is 17.9. The van der Waals surface area contributed by atoms with Gasteiger partial charge in [-0.25, -0.2) is 5.01 Å². The average molecular weight is 514 g/mol. The van der Waals surface area contributed by atoms with Crippen LogP contribution in [0.2, 0.25) is 0 Å². The molecule has 1 aromatic rings. The van der Waals surface area contributed by atoms with E-state index in [-0.39, 0.29) is 42.5 Å². The molecule has 2 aliphatic heterocycles. The Morgan fingerprint density at radius 3 is 2.32 bits per heavy atom. The zero-order valence-corrected chi connectivity index (χ0v) is 22.0. The Bertz CT molecular complexity index is 1020. The lowest BCUT2D eigenvalue weighted by Gasteiger charge is -2.43. The normalized spacial score (nSPS) is 22.3. The Labute approximate surface area is 218 Å². The molecule has 0 spiro atoms. The van der Waals surface area contributed by atoms with Crippen molar-refractivity contribution in [2.24, 2.45) is 16.9 Å². The average Bonchev–Trinajstić information content (AvgIpc) is 2.90. The molecular formula is C28H39N3O6. The maximum Gasteiger partial charge on any atom is 0.303 e. The van der Waals surface area contributed by atoms with Crippen molar-refractivity contribution < 1.29 is 29.0 Å². The van der Waals surface area contributed by atoms with E-state index in [1.807, 2.05) is 32.0 Å². The number of likely N-dealkylation sites (tertiary alicyclic amines) is 1. The number of hydrogen-bond acceptors (Lipinski definition) is 6. The lowest BCUT2D eigenvalue weighted by atomic mass is 9.73. The van der Waals surface area contributed by atoms with Crippen molar-refractivity contribution >= 4 is 23.5 Å². The van der Waals surface area contributed by atoms with E-state index in [9.17, 15) is 14.4 Å². The monoisotopic (exact) mass is 513 g/mol. The molecule has 0 bridgehead atoms. The van der Waals surface area contributed by atoms with Gasteiger partial charge in [0.1, 0.15) is 0 Å². The molecule has 202 valence electrons. The van der Waals surface area contributed by atoms with Gasteiger partial charge < -0.3 is 19.5 Å². The van der Waals surface area contributed by atoms with Crippen LogP contribution < -0.4 is 9.47 Å². The van der Waals surface area contributed by atoms with Gasteiger partial charge in [-0.2, -0.15) is 5.10 Å². The molecule has 9 nitrogen and oxygen atoms in total. The number of fused-ring (bicyclic) bond motifs is 1. The number of carboxylic acid groups (broad SMARTS) is 1. The Hall–Kier alpha value is -3.10. The number of benzene rings is 1. The highest BCUT2D eigenvalue weighted by atomic mass is 16.5. The van der Waals surface area contributed by atoms with Crippen LogP contribution in [0.4, 0.5) is 0 Å². The number of carboxylic acids is 1. The van der Waals surface area contributed by atoms with Crippen molar-refractivity contribution in [3.05, 3.63) is 23.8 Å². The quantitative estimate of drug-likeness (QED) is 0.505. The second-order valence-electron chi connectivity index (χ2n) is 10.1. The van der Waals surface area contributed by atoms with Gasteiger partial charge in [-0.15, -0.1) is 0 Å². The number of piperidine rings is 1. The first-order valence-corrected chi connectivity index (χ1v) is 13.7. The maximum absolute atomic E-state index is 13.6. The van der Waals surface area contributed by atoms with Gasteiger partial charge in [-0.3, -0.25) is 14.4 Å². The van der Waals surface area contributed by atoms with Crippen molar-refractivity contribution in [2.45, 2.75) is 77.7 Å². The maximum atomic E-state index is 13.6. The van der Waals surface area contributed by atoms with E-state index >= 15 is 0 Å². The summed E-state index contributed by atoms with van der Waals surface area (Å²) in [6.45, 7) is 6.07. The minimum absolute atomic E-state index is 0.00108. The molecule has 3 aliphatic rings. The molecule has 2 amide bonds. The minimum Gasteiger partial charge on any atom is -0.490 e. The molecule has 1 aromatic carbocycles. The van der Waals surface area contributed by atoms with Crippen LogP contribution in [0.15, 0.2) is 23.3 Å². The predicted molar refractivity (Wildman–Crippen MR) is 139 cm³/mol. The number of rotatable bonds is 10. The molecule has 2 fully saturated rings. The molecule has 4 rings (SSSR count). The third-order valence-corrected chi connectivity index (χ3v) is 7.66. The largest absolute Gasteiger partial charge is 0.490 e. The molecule has 0 radical (unpaired) electrons. The molecule has 1 saturated carbocycles. The number of hydrogen-bond donors (Lipinski definition) is 1. The van der Waals surface area contributed by atoms with E-state index in [1.54, 1.807) is 9.91 Å². The second kappa shape index (κ2) is 12.4. The molecule has 2 heterocycles. The van der Waals surface area contributed by atoms with Crippen LogP contribution in [0, 0.1) is 11.8 Å². The predicted octanol–water partition coefficient (Wildman–Crippen LogP) is 4.08. The molecule has 2 atom stereocenters. The topological polar surface area (TPSA) is 109 Å². The Morgan fingerprint density at radius 1 is 0.973 bits per heavy atom. The van der Waals surface area contributed by atoms with E-state index < -0.39 is 5.97 Å². The number of carbonyl (C=O) groups excluding carboxylic acids is 2. The number of amides is 2. The molecule has 1 aliphatic carbocycles. The van der Waals surface area contributed by atoms with Gasteiger partial charge in [0.2, 0.25) is 11.8 Å². The highest BCUT2D eigenvalue weighted by Gasteiger charge is 2.44. The summed E-state index contributed by atoms with van der Waals surface area (Å²) < 4.78 is 11.6.